The third-order valence-electron chi connectivity index (χ3n) is 5.38. The second kappa shape index (κ2) is 7.98. The molecule has 0 bridgehead atoms. The van der Waals surface area contributed by atoms with Gasteiger partial charge in [0.15, 0.2) is 9.84 Å². The molecule has 168 valence electrons. The van der Waals surface area contributed by atoms with Gasteiger partial charge in [0.05, 0.1) is 35.2 Å². The minimum Gasteiger partial charge on any atom is -0.496 e. The van der Waals surface area contributed by atoms with Crippen LogP contribution < -0.4 is 4.74 Å². The molecule has 1 aromatic rings. The second-order valence-corrected chi connectivity index (χ2v) is 12.5. The summed E-state index contributed by atoms with van der Waals surface area (Å²) in [5, 5.41) is 0. The maximum absolute atomic E-state index is 12.9. The molecule has 7 nitrogen and oxygen atoms in total. The van der Waals surface area contributed by atoms with Crippen LogP contribution in [0.2, 0.25) is 0 Å². The van der Waals surface area contributed by atoms with Gasteiger partial charge in [-0.1, -0.05) is 6.07 Å². The van der Waals surface area contributed by atoms with Crippen LogP contribution in [-0.2, 0) is 25.7 Å². The van der Waals surface area contributed by atoms with Crippen molar-refractivity contribution in [3.05, 3.63) is 28.2 Å². The fraction of sp³-hybridized carbons (Fsp3) is 0.667. The van der Waals surface area contributed by atoms with Crippen molar-refractivity contribution in [2.24, 2.45) is 5.92 Å². The van der Waals surface area contributed by atoms with Crippen LogP contribution in [0, 0.1) is 5.92 Å². The van der Waals surface area contributed by atoms with Crippen molar-refractivity contribution < 1.29 is 27.4 Å². The van der Waals surface area contributed by atoms with Crippen molar-refractivity contribution in [2.45, 2.75) is 64.5 Å². The normalized spacial score (nSPS) is 27.4. The lowest BCUT2D eigenvalue weighted by Gasteiger charge is -2.37. The van der Waals surface area contributed by atoms with E-state index in [-0.39, 0.29) is 17.4 Å². The fourth-order valence-corrected chi connectivity index (χ4v) is 6.87. The molecule has 0 N–H and O–H groups in total. The van der Waals surface area contributed by atoms with E-state index in [1.807, 2.05) is 18.2 Å². The van der Waals surface area contributed by atoms with Gasteiger partial charge in [0.25, 0.3) is 0 Å². The van der Waals surface area contributed by atoms with E-state index in [0.29, 0.717) is 12.2 Å². The Morgan fingerprint density at radius 3 is 2.53 bits per heavy atom. The van der Waals surface area contributed by atoms with Crippen LogP contribution >= 0.6 is 15.9 Å². The van der Waals surface area contributed by atoms with Crippen LogP contribution in [0.3, 0.4) is 0 Å². The minimum absolute atomic E-state index is 0.0239. The van der Waals surface area contributed by atoms with Crippen LogP contribution in [0.4, 0.5) is 4.79 Å². The Bertz CT molecular complexity index is 924. The Kier molecular flexibility index (Phi) is 6.21. The molecule has 2 aliphatic rings. The average molecular weight is 504 g/mol. The van der Waals surface area contributed by atoms with Gasteiger partial charge in [-0.25, -0.2) is 13.2 Å². The molecule has 0 aliphatic carbocycles. The number of nitrogens with zero attached hydrogens (tertiary/aromatic N) is 1. The van der Waals surface area contributed by atoms with Crippen molar-refractivity contribution in [2.75, 3.05) is 18.6 Å². The Balaban J connectivity index is 1.91. The third-order valence-corrected chi connectivity index (χ3v) is 7.78. The first-order valence-corrected chi connectivity index (χ1v) is 12.6. The topological polar surface area (TPSA) is 82.1 Å². The smallest absolute Gasteiger partial charge is 0.412 e. The van der Waals surface area contributed by atoms with Crippen LogP contribution in [0.1, 0.15) is 40.2 Å². The summed E-state index contributed by atoms with van der Waals surface area (Å²) in [6, 6.07) is 5.12. The Morgan fingerprint density at radius 1 is 1.30 bits per heavy atom. The summed E-state index contributed by atoms with van der Waals surface area (Å²) in [4.78, 5) is 14.4. The largest absolute Gasteiger partial charge is 0.496 e. The molecule has 9 heteroatoms. The number of fused-ring (bicyclic) bond motifs is 1. The number of amides is 1. The highest BCUT2D eigenvalue weighted by Gasteiger charge is 2.57. The van der Waals surface area contributed by atoms with Crippen LogP contribution in [0.15, 0.2) is 22.7 Å². The summed E-state index contributed by atoms with van der Waals surface area (Å²) in [5.41, 5.74) is -0.676. The molecular weight excluding hydrogens is 474 g/mol. The lowest BCUT2D eigenvalue weighted by molar-refractivity contribution is -0.0872. The molecule has 0 saturated carbocycles. The van der Waals surface area contributed by atoms with Gasteiger partial charge in [-0.05, 0) is 74.7 Å². The number of hydrogen-bond donors (Lipinski definition) is 0. The maximum Gasteiger partial charge on any atom is 0.412 e. The molecule has 1 amide bonds. The first kappa shape index (κ1) is 23.3. The Hall–Kier alpha value is -1.32. The quantitative estimate of drug-likeness (QED) is 0.623. The summed E-state index contributed by atoms with van der Waals surface area (Å²) < 4.78 is 43.4. The average Bonchev–Trinajstić information content (AvgIpc) is 2.82. The molecule has 2 saturated heterocycles. The van der Waals surface area contributed by atoms with E-state index in [9.17, 15) is 13.2 Å². The molecule has 0 aromatic heterocycles. The number of carbonyl (C=O) groups excluding carboxylic acids is 1. The van der Waals surface area contributed by atoms with E-state index in [1.165, 1.54) is 4.90 Å². The van der Waals surface area contributed by atoms with Crippen molar-refractivity contribution in [3.63, 3.8) is 0 Å². The molecule has 30 heavy (non-hydrogen) atoms. The number of benzene rings is 1. The molecule has 0 radical (unpaired) electrons. The lowest BCUT2D eigenvalue weighted by atomic mass is 9.91. The molecule has 2 heterocycles. The number of sulfone groups is 1. The van der Waals surface area contributed by atoms with Crippen LogP contribution in [0.5, 0.6) is 5.75 Å². The van der Waals surface area contributed by atoms with E-state index in [4.69, 9.17) is 14.2 Å². The predicted molar refractivity (Wildman–Crippen MR) is 117 cm³/mol. The monoisotopic (exact) mass is 503 g/mol. The molecule has 3 atom stereocenters. The third kappa shape index (κ3) is 4.94. The van der Waals surface area contributed by atoms with Gasteiger partial charge in [0, 0.05) is 5.92 Å². The standard InChI is InChI=1S/C21H30BrNO6S/c1-20(2,3)29-19(24)23-16-12-30(25,26)11-14(18(16)28-21(23,4)5)9-13-7-8-17(27-6)15(22)10-13/h7-8,10,14,16,18H,9,11-12H2,1-6H3/t14-,16+,18+/m1/s1. The van der Waals surface area contributed by atoms with E-state index in [0.717, 1.165) is 10.0 Å². The van der Waals surface area contributed by atoms with Gasteiger partial charge in [-0.15, -0.1) is 0 Å². The highest BCUT2D eigenvalue weighted by molar-refractivity contribution is 9.10. The van der Waals surface area contributed by atoms with Crippen molar-refractivity contribution in [1.29, 1.82) is 0 Å². The van der Waals surface area contributed by atoms with Gasteiger partial charge in [-0.3, -0.25) is 4.90 Å². The molecular formula is C21H30BrNO6S. The number of rotatable bonds is 3. The Labute approximate surface area is 187 Å². The van der Waals surface area contributed by atoms with E-state index >= 15 is 0 Å². The van der Waals surface area contributed by atoms with Crippen LogP contribution in [0.25, 0.3) is 0 Å². The van der Waals surface area contributed by atoms with Crippen molar-refractivity contribution in [3.8, 4) is 5.75 Å². The zero-order chi connectivity index (χ0) is 22.5. The zero-order valence-corrected chi connectivity index (χ0v) is 20.7. The highest BCUT2D eigenvalue weighted by Crippen LogP contribution is 2.41. The first-order chi connectivity index (χ1) is 13.7. The van der Waals surface area contributed by atoms with Gasteiger partial charge in [0.2, 0.25) is 0 Å². The summed E-state index contributed by atoms with van der Waals surface area (Å²) >= 11 is 3.48. The molecule has 0 unspecified atom stereocenters. The highest BCUT2D eigenvalue weighted by atomic mass is 79.9. The summed E-state index contributed by atoms with van der Waals surface area (Å²) in [7, 11) is -1.76. The van der Waals surface area contributed by atoms with E-state index < -0.39 is 39.4 Å². The van der Waals surface area contributed by atoms with Crippen molar-refractivity contribution in [1.82, 2.24) is 4.90 Å². The number of hydrogen-bond acceptors (Lipinski definition) is 6. The van der Waals surface area contributed by atoms with Gasteiger partial charge in [-0.2, -0.15) is 0 Å². The fourth-order valence-electron chi connectivity index (χ4n) is 4.32. The van der Waals surface area contributed by atoms with E-state index in [2.05, 4.69) is 15.9 Å². The van der Waals surface area contributed by atoms with E-state index in [1.54, 1.807) is 41.7 Å². The molecule has 1 aromatic carbocycles. The van der Waals surface area contributed by atoms with Crippen LogP contribution in [-0.4, -0.2) is 61.5 Å². The molecule has 2 aliphatic heterocycles. The molecule has 2 fully saturated rings. The minimum atomic E-state index is -3.36. The van der Waals surface area contributed by atoms with Crippen molar-refractivity contribution >= 4 is 31.9 Å². The van der Waals surface area contributed by atoms with Gasteiger partial charge in [0.1, 0.15) is 17.1 Å². The lowest BCUT2D eigenvalue weighted by Crippen LogP contribution is -2.55. The first-order valence-electron chi connectivity index (χ1n) is 9.95. The number of methoxy groups -OCH3 is 1. The second-order valence-electron chi connectivity index (χ2n) is 9.46. The zero-order valence-electron chi connectivity index (χ0n) is 18.3. The number of carbonyl (C=O) groups is 1. The van der Waals surface area contributed by atoms with Gasteiger partial charge >= 0.3 is 6.09 Å². The Morgan fingerprint density at radius 2 is 1.97 bits per heavy atom. The van der Waals surface area contributed by atoms with Gasteiger partial charge < -0.3 is 14.2 Å². The molecule has 0 spiro atoms. The SMILES string of the molecule is COc1ccc(C[C@@H]2CS(=O)(=O)C[C@H]3[C@H]2OC(C)(C)N3C(=O)OC(C)(C)C)cc1Br. The summed E-state index contributed by atoms with van der Waals surface area (Å²) in [6.45, 7) is 8.92. The number of halogens is 1. The number of ether oxygens (including phenoxy) is 3. The predicted octanol–water partition coefficient (Wildman–Crippen LogP) is 3.79. The molecule has 3 rings (SSSR count). The summed E-state index contributed by atoms with van der Waals surface area (Å²) in [6.07, 6.45) is -0.429. The maximum atomic E-state index is 12.9. The summed E-state index contributed by atoms with van der Waals surface area (Å²) in [5.74, 6) is 0.335.